The number of sulfone groups is 1. The molecule has 48 heavy (non-hydrogen) atoms. The van der Waals surface area contributed by atoms with Gasteiger partial charge in [-0.3, -0.25) is 4.57 Å². The molecule has 244 valence electrons. The van der Waals surface area contributed by atoms with Crippen molar-refractivity contribution < 1.29 is 22.6 Å². The van der Waals surface area contributed by atoms with Gasteiger partial charge in [0.2, 0.25) is 9.84 Å². The first-order valence-corrected chi connectivity index (χ1v) is 18.2. The molecule has 0 aliphatic carbocycles. The maximum Gasteiger partial charge on any atom is 0.322 e. The molecule has 7 rings (SSSR count). The Hall–Kier alpha value is -5.31. The van der Waals surface area contributed by atoms with Crippen LogP contribution in [0.5, 0.6) is 17.5 Å². The standard InChI is InChI=1S/C20H17N3O2S.C14H13N3O3S2/c1-24-17-11-6-5-10-16(17)23-19(18-12-7-13-26-18)21-22-20(23)25-14-15-8-3-2-4-9-15;1-20-11-7-4-3-6-10(11)17-13(12-8-5-9-21-12)15-16-14(17)22(2,18)19/h2-13H,14H2,1H3;3-9H,1-2H3. The van der Waals surface area contributed by atoms with Crippen molar-refractivity contribution >= 4 is 32.5 Å². The monoisotopic (exact) mass is 698 g/mol. The fourth-order valence-electron chi connectivity index (χ4n) is 4.79. The summed E-state index contributed by atoms with van der Waals surface area (Å²) in [6.45, 7) is 0.415. The highest BCUT2D eigenvalue weighted by atomic mass is 32.2. The number of ether oxygens (including phenoxy) is 3. The molecule has 0 radical (unpaired) electrons. The normalized spacial score (nSPS) is 11.1. The fourth-order valence-corrected chi connectivity index (χ4v) is 6.89. The molecule has 4 heterocycles. The van der Waals surface area contributed by atoms with Gasteiger partial charge in [-0.2, -0.15) is 0 Å². The molecule has 7 aromatic rings. The zero-order valence-electron chi connectivity index (χ0n) is 26.1. The van der Waals surface area contributed by atoms with E-state index in [1.165, 1.54) is 23.0 Å². The van der Waals surface area contributed by atoms with Crippen molar-refractivity contribution in [3.8, 4) is 50.3 Å². The van der Waals surface area contributed by atoms with Crippen LogP contribution in [0.3, 0.4) is 0 Å². The van der Waals surface area contributed by atoms with Crippen molar-refractivity contribution in [2.75, 3.05) is 20.5 Å². The summed E-state index contributed by atoms with van der Waals surface area (Å²) in [6.07, 6.45) is 1.11. The number of benzene rings is 3. The Morgan fingerprint density at radius 3 is 1.69 bits per heavy atom. The molecule has 3 aromatic carbocycles. The van der Waals surface area contributed by atoms with E-state index in [0.717, 1.165) is 38.8 Å². The average Bonchev–Trinajstić information content (AvgIpc) is 3.94. The maximum atomic E-state index is 12.0. The van der Waals surface area contributed by atoms with Gasteiger partial charge >= 0.3 is 6.01 Å². The quantitative estimate of drug-likeness (QED) is 0.149. The molecule has 0 aliphatic heterocycles. The van der Waals surface area contributed by atoms with Gasteiger partial charge in [0.25, 0.3) is 5.16 Å². The number of rotatable bonds is 10. The van der Waals surface area contributed by atoms with E-state index in [0.29, 0.717) is 29.9 Å². The summed E-state index contributed by atoms with van der Waals surface area (Å²) in [5, 5.41) is 20.4. The Labute approximate surface area is 285 Å². The third kappa shape index (κ3) is 7.00. The van der Waals surface area contributed by atoms with E-state index in [1.807, 2.05) is 106 Å². The zero-order chi connectivity index (χ0) is 33.5. The highest BCUT2D eigenvalue weighted by Crippen LogP contribution is 2.34. The predicted octanol–water partition coefficient (Wildman–Crippen LogP) is 6.99. The molecule has 0 bridgehead atoms. The van der Waals surface area contributed by atoms with Crippen LogP contribution in [0.25, 0.3) is 32.8 Å². The molecule has 0 amide bonds. The second kappa shape index (κ2) is 14.6. The topological polar surface area (TPSA) is 123 Å². The number of para-hydroxylation sites is 4. The van der Waals surface area contributed by atoms with E-state index in [9.17, 15) is 8.42 Å². The van der Waals surface area contributed by atoms with Crippen molar-refractivity contribution in [2.24, 2.45) is 0 Å². The third-order valence-electron chi connectivity index (χ3n) is 6.94. The minimum Gasteiger partial charge on any atom is -0.495 e. The Morgan fingerprint density at radius 1 is 0.625 bits per heavy atom. The average molecular weight is 699 g/mol. The smallest absolute Gasteiger partial charge is 0.322 e. The van der Waals surface area contributed by atoms with Crippen molar-refractivity contribution in [1.82, 2.24) is 29.5 Å². The zero-order valence-corrected chi connectivity index (χ0v) is 28.6. The van der Waals surface area contributed by atoms with Crippen LogP contribution < -0.4 is 14.2 Å². The fraction of sp³-hybridized carbons (Fsp3) is 0.118. The summed E-state index contributed by atoms with van der Waals surface area (Å²) >= 11 is 3.07. The molecule has 0 spiro atoms. The van der Waals surface area contributed by atoms with E-state index in [4.69, 9.17) is 14.2 Å². The Bertz CT molecular complexity index is 2200. The SMILES string of the molecule is COc1ccccc1-n1c(-c2cccs2)nnc1S(C)(=O)=O.COc1ccccc1-n1c(OCc2ccccc2)nnc1-c1cccs1. The lowest BCUT2D eigenvalue weighted by Crippen LogP contribution is -2.09. The highest BCUT2D eigenvalue weighted by Gasteiger charge is 2.25. The van der Waals surface area contributed by atoms with Crippen molar-refractivity contribution in [1.29, 1.82) is 0 Å². The second-order valence-electron chi connectivity index (χ2n) is 10.1. The van der Waals surface area contributed by atoms with Crippen LogP contribution in [-0.4, -0.2) is 58.4 Å². The molecule has 0 unspecified atom stereocenters. The van der Waals surface area contributed by atoms with Crippen molar-refractivity contribution in [2.45, 2.75) is 11.8 Å². The first kappa shape index (κ1) is 32.6. The van der Waals surface area contributed by atoms with E-state index >= 15 is 0 Å². The predicted molar refractivity (Wildman–Crippen MR) is 186 cm³/mol. The first-order valence-electron chi connectivity index (χ1n) is 14.5. The lowest BCUT2D eigenvalue weighted by Gasteiger charge is -2.13. The van der Waals surface area contributed by atoms with Gasteiger partial charge in [0.1, 0.15) is 18.1 Å². The summed E-state index contributed by atoms with van der Waals surface area (Å²) < 4.78 is 44.4. The maximum absolute atomic E-state index is 12.0. The van der Waals surface area contributed by atoms with Gasteiger partial charge in [-0.1, -0.05) is 71.8 Å². The third-order valence-corrected chi connectivity index (χ3v) is 9.60. The van der Waals surface area contributed by atoms with E-state index < -0.39 is 9.84 Å². The molecule has 14 heteroatoms. The van der Waals surface area contributed by atoms with Crippen LogP contribution in [0.4, 0.5) is 0 Å². The second-order valence-corrected chi connectivity index (χ2v) is 13.9. The van der Waals surface area contributed by atoms with Crippen LogP contribution in [0.15, 0.2) is 119 Å². The highest BCUT2D eigenvalue weighted by molar-refractivity contribution is 7.90. The summed E-state index contributed by atoms with van der Waals surface area (Å²) in [5.74, 6) is 2.48. The molecule has 4 aromatic heterocycles. The number of nitrogens with zero attached hydrogens (tertiary/aromatic N) is 6. The molecule has 0 atom stereocenters. The molecule has 0 N–H and O–H groups in total. The van der Waals surface area contributed by atoms with Gasteiger partial charge in [0, 0.05) is 6.26 Å². The molecular formula is C34H30N6O5S3. The van der Waals surface area contributed by atoms with Gasteiger partial charge in [-0.25, -0.2) is 13.0 Å². The summed E-state index contributed by atoms with van der Waals surface area (Å²) in [6, 6.07) is 33.1. The molecule has 0 saturated carbocycles. The Kier molecular flexibility index (Phi) is 9.94. The lowest BCUT2D eigenvalue weighted by molar-refractivity contribution is 0.274. The Balaban J connectivity index is 0.000000170. The van der Waals surface area contributed by atoms with Gasteiger partial charge in [-0.05, 0) is 52.7 Å². The molecule has 11 nitrogen and oxygen atoms in total. The molecule has 0 fully saturated rings. The van der Waals surface area contributed by atoms with Gasteiger partial charge in [0.05, 0.1) is 35.3 Å². The van der Waals surface area contributed by atoms with Crippen molar-refractivity contribution in [3.05, 3.63) is 119 Å². The lowest BCUT2D eigenvalue weighted by atomic mass is 10.2. The van der Waals surface area contributed by atoms with Crippen molar-refractivity contribution in [3.63, 3.8) is 0 Å². The van der Waals surface area contributed by atoms with Gasteiger partial charge in [-0.15, -0.1) is 38.0 Å². The number of methoxy groups -OCH3 is 2. The summed E-state index contributed by atoms with van der Waals surface area (Å²) in [4.78, 5) is 1.84. The largest absolute Gasteiger partial charge is 0.495 e. The summed E-state index contributed by atoms with van der Waals surface area (Å²) in [5.41, 5.74) is 2.49. The van der Waals surface area contributed by atoms with Gasteiger partial charge < -0.3 is 14.2 Å². The number of hydrogen-bond acceptors (Lipinski definition) is 11. The summed E-state index contributed by atoms with van der Waals surface area (Å²) in [7, 11) is -0.351. The first-order chi connectivity index (χ1) is 23.4. The van der Waals surface area contributed by atoms with E-state index in [2.05, 4.69) is 20.4 Å². The molecular weight excluding hydrogens is 669 g/mol. The number of thiophene rings is 2. The molecule has 0 aliphatic rings. The van der Waals surface area contributed by atoms with Gasteiger partial charge in [0.15, 0.2) is 11.6 Å². The van der Waals surface area contributed by atoms with Crippen LogP contribution in [-0.2, 0) is 16.4 Å². The minimum atomic E-state index is -3.54. The molecule has 0 saturated heterocycles. The van der Waals surface area contributed by atoms with Crippen LogP contribution in [0.2, 0.25) is 0 Å². The van der Waals surface area contributed by atoms with Crippen LogP contribution in [0, 0.1) is 0 Å². The Morgan fingerprint density at radius 2 is 1.15 bits per heavy atom. The number of aromatic nitrogens is 6. The van der Waals surface area contributed by atoms with E-state index in [1.54, 1.807) is 30.6 Å². The van der Waals surface area contributed by atoms with Crippen LogP contribution >= 0.6 is 22.7 Å². The van der Waals surface area contributed by atoms with E-state index in [-0.39, 0.29) is 5.16 Å². The van der Waals surface area contributed by atoms with Crippen LogP contribution in [0.1, 0.15) is 5.56 Å². The number of hydrogen-bond donors (Lipinski definition) is 0. The minimum absolute atomic E-state index is 0.111.